The third-order valence-electron chi connectivity index (χ3n) is 14.8. The molecule has 50 heavy (non-hydrogen) atoms. The van der Waals surface area contributed by atoms with Crippen LogP contribution in [0.3, 0.4) is 0 Å². The summed E-state index contributed by atoms with van der Waals surface area (Å²) in [5, 5.41) is 0. The van der Waals surface area contributed by atoms with Gasteiger partial charge in [-0.25, -0.2) is 0 Å². The first-order valence-electron chi connectivity index (χ1n) is 22.0. The summed E-state index contributed by atoms with van der Waals surface area (Å²) < 4.78 is 20.5. The molecule has 11 atom stereocenters. The van der Waals surface area contributed by atoms with Crippen molar-refractivity contribution in [2.75, 3.05) is 59.1 Å². The van der Waals surface area contributed by atoms with Crippen molar-refractivity contribution in [3.8, 4) is 0 Å². The summed E-state index contributed by atoms with van der Waals surface area (Å²) in [5.74, 6) is 3.92. The zero-order valence-corrected chi connectivity index (χ0v) is 33.7. The highest BCUT2D eigenvalue weighted by Gasteiger charge is 2.66. The van der Waals surface area contributed by atoms with E-state index < -0.39 is 0 Å². The molecule has 4 fully saturated rings. The smallest absolute Gasteiger partial charge is 0.0637 e. The van der Waals surface area contributed by atoms with E-state index >= 15 is 0 Å². The molecule has 4 aliphatic carbocycles. The molecule has 4 saturated carbocycles. The number of rotatable bonds is 25. The first-order chi connectivity index (χ1) is 24.3. The standard InChI is InChI=1S/C43H84N4O3/c1-6-8-10-24-47(25-11-9-7-2)26-12-16-33(3)36-17-18-37-41-38(32-40(43(36,37)5)50-29-15-23-46)42(4)20-19-35(48-27-13-21-44)30-34(42)31-39(41)49-28-14-22-45/h33-41H,6-32,44-46H2,1-5H3/t33?,34-,35+,36+,37-,38-,39+,40-,41?,42-,43+/m0/s1. The monoisotopic (exact) mass is 705 g/mol. The van der Waals surface area contributed by atoms with Crippen LogP contribution in [0, 0.1) is 46.3 Å². The highest BCUT2D eigenvalue weighted by Crippen LogP contribution is 2.69. The van der Waals surface area contributed by atoms with E-state index in [0.717, 1.165) is 45.5 Å². The minimum atomic E-state index is 0.179. The lowest BCUT2D eigenvalue weighted by atomic mass is 9.43. The molecule has 4 aliphatic rings. The van der Waals surface area contributed by atoms with Crippen LogP contribution in [-0.4, -0.2) is 82.3 Å². The second-order valence-electron chi connectivity index (χ2n) is 17.9. The van der Waals surface area contributed by atoms with Crippen LogP contribution >= 0.6 is 0 Å². The molecule has 0 amide bonds. The zero-order chi connectivity index (χ0) is 36.0. The minimum Gasteiger partial charge on any atom is -0.378 e. The van der Waals surface area contributed by atoms with Crippen LogP contribution in [0.4, 0.5) is 0 Å². The van der Waals surface area contributed by atoms with Gasteiger partial charge in [0.15, 0.2) is 0 Å². The summed E-state index contributed by atoms with van der Waals surface area (Å²) >= 11 is 0. The molecule has 294 valence electrons. The van der Waals surface area contributed by atoms with Crippen LogP contribution in [0.15, 0.2) is 0 Å². The summed E-state index contributed by atoms with van der Waals surface area (Å²) in [4.78, 5) is 2.79. The molecule has 7 heteroatoms. The van der Waals surface area contributed by atoms with Crippen molar-refractivity contribution in [3.05, 3.63) is 0 Å². The maximum atomic E-state index is 7.09. The van der Waals surface area contributed by atoms with Crippen LogP contribution in [0.2, 0.25) is 0 Å². The van der Waals surface area contributed by atoms with Crippen molar-refractivity contribution in [2.24, 2.45) is 63.5 Å². The maximum Gasteiger partial charge on any atom is 0.0637 e. The fourth-order valence-electron chi connectivity index (χ4n) is 11.9. The van der Waals surface area contributed by atoms with Crippen LogP contribution < -0.4 is 17.2 Å². The molecule has 6 N–H and O–H groups in total. The number of unbranched alkanes of at least 4 members (excludes halogenated alkanes) is 4. The van der Waals surface area contributed by atoms with E-state index in [1.807, 2.05) is 0 Å². The Hall–Kier alpha value is -0.280. The molecule has 0 heterocycles. The van der Waals surface area contributed by atoms with Crippen molar-refractivity contribution < 1.29 is 14.2 Å². The Morgan fingerprint density at radius 2 is 1.30 bits per heavy atom. The number of ether oxygens (including phenoxy) is 3. The van der Waals surface area contributed by atoms with Crippen LogP contribution in [0.1, 0.15) is 150 Å². The maximum absolute atomic E-state index is 7.09. The number of fused-ring (bicyclic) bond motifs is 5. The van der Waals surface area contributed by atoms with Crippen molar-refractivity contribution in [2.45, 2.75) is 169 Å². The first-order valence-corrected chi connectivity index (χ1v) is 22.0. The second-order valence-corrected chi connectivity index (χ2v) is 17.9. The predicted molar refractivity (Wildman–Crippen MR) is 210 cm³/mol. The van der Waals surface area contributed by atoms with Gasteiger partial charge in [-0.1, -0.05) is 60.3 Å². The van der Waals surface area contributed by atoms with Gasteiger partial charge in [0.2, 0.25) is 0 Å². The van der Waals surface area contributed by atoms with Gasteiger partial charge in [0.25, 0.3) is 0 Å². The van der Waals surface area contributed by atoms with Gasteiger partial charge in [0.05, 0.1) is 18.3 Å². The van der Waals surface area contributed by atoms with Gasteiger partial charge in [-0.2, -0.15) is 0 Å². The lowest BCUT2D eigenvalue weighted by Crippen LogP contribution is -2.63. The van der Waals surface area contributed by atoms with Crippen molar-refractivity contribution in [3.63, 3.8) is 0 Å². The average Bonchev–Trinajstić information content (AvgIpc) is 3.47. The molecule has 2 unspecified atom stereocenters. The summed E-state index contributed by atoms with van der Waals surface area (Å²) in [5.41, 5.74) is 18.3. The second kappa shape index (κ2) is 21.6. The SMILES string of the molecule is CCCCCN(CCCCC)CCCC(C)[C@H]1CC[C@H]2C3[C@H](OCCCN)C[C@@H]4C[C@H](OCCCN)CC[C@]4(C)[C@H]3C[C@H](OCCCN)[C@]12C. The van der Waals surface area contributed by atoms with Gasteiger partial charge in [0, 0.05) is 25.2 Å². The Kier molecular flexibility index (Phi) is 18.3. The van der Waals surface area contributed by atoms with Crippen molar-refractivity contribution in [1.82, 2.24) is 4.90 Å². The molecule has 0 aromatic carbocycles. The molecule has 7 nitrogen and oxygen atoms in total. The predicted octanol–water partition coefficient (Wildman–Crippen LogP) is 8.17. The van der Waals surface area contributed by atoms with E-state index in [1.165, 1.54) is 110 Å². The highest BCUT2D eigenvalue weighted by molar-refractivity contribution is 5.15. The van der Waals surface area contributed by atoms with E-state index in [9.17, 15) is 0 Å². The summed E-state index contributed by atoms with van der Waals surface area (Å²) in [6.07, 6.45) is 23.1. The Morgan fingerprint density at radius 3 is 1.94 bits per heavy atom. The Bertz CT molecular complexity index is 915. The van der Waals surface area contributed by atoms with Gasteiger partial charge in [0.1, 0.15) is 0 Å². The topological polar surface area (TPSA) is 109 Å². The van der Waals surface area contributed by atoms with E-state index in [2.05, 4.69) is 39.5 Å². The van der Waals surface area contributed by atoms with E-state index in [-0.39, 0.29) is 5.41 Å². The summed E-state index contributed by atoms with van der Waals surface area (Å²) in [7, 11) is 0. The number of nitrogens with zero attached hydrogens (tertiary/aromatic N) is 1. The molecule has 0 aromatic heterocycles. The molecule has 4 rings (SSSR count). The number of nitrogens with two attached hydrogens (primary N) is 3. The minimum absolute atomic E-state index is 0.179. The first kappa shape index (κ1) is 42.5. The quantitative estimate of drug-likeness (QED) is 0.0823. The van der Waals surface area contributed by atoms with Gasteiger partial charge < -0.3 is 36.3 Å². The van der Waals surface area contributed by atoms with E-state index in [0.29, 0.717) is 78.9 Å². The number of hydrogen-bond donors (Lipinski definition) is 3. The molecule has 0 spiro atoms. The zero-order valence-electron chi connectivity index (χ0n) is 33.7. The van der Waals surface area contributed by atoms with E-state index in [1.54, 1.807) is 0 Å². The van der Waals surface area contributed by atoms with Crippen molar-refractivity contribution in [1.29, 1.82) is 0 Å². The third-order valence-corrected chi connectivity index (χ3v) is 14.8. The summed E-state index contributed by atoms with van der Waals surface area (Å²) in [6, 6.07) is 0. The normalized spacial score (nSPS) is 35.9. The lowest BCUT2D eigenvalue weighted by Gasteiger charge is -2.65. The number of hydrogen-bond acceptors (Lipinski definition) is 7. The van der Waals surface area contributed by atoms with Gasteiger partial charge in [-0.15, -0.1) is 0 Å². The molecule has 0 radical (unpaired) electrons. The summed E-state index contributed by atoms with van der Waals surface area (Å²) in [6.45, 7) is 20.9. The fraction of sp³-hybridized carbons (Fsp3) is 1.00. The molecular weight excluding hydrogens is 620 g/mol. The van der Waals surface area contributed by atoms with Gasteiger partial charge in [-0.3, -0.25) is 0 Å². The Balaban J connectivity index is 1.53. The molecular formula is C43H84N4O3. The van der Waals surface area contributed by atoms with Gasteiger partial charge in [-0.05, 0) is 170 Å². The van der Waals surface area contributed by atoms with Crippen LogP contribution in [-0.2, 0) is 14.2 Å². The van der Waals surface area contributed by atoms with Crippen molar-refractivity contribution >= 4 is 0 Å². The Morgan fingerprint density at radius 1 is 0.680 bits per heavy atom. The Labute approximate surface area is 309 Å². The molecule has 0 saturated heterocycles. The lowest BCUT2D eigenvalue weighted by molar-refractivity contribution is -0.227. The van der Waals surface area contributed by atoms with Crippen LogP contribution in [0.25, 0.3) is 0 Å². The molecule has 0 aromatic rings. The van der Waals surface area contributed by atoms with Gasteiger partial charge >= 0.3 is 0 Å². The highest BCUT2D eigenvalue weighted by atomic mass is 16.5. The molecule has 0 bridgehead atoms. The average molecular weight is 705 g/mol. The van der Waals surface area contributed by atoms with Crippen LogP contribution in [0.5, 0.6) is 0 Å². The molecule has 0 aliphatic heterocycles. The fourth-order valence-corrected chi connectivity index (χ4v) is 11.9. The third kappa shape index (κ3) is 10.5. The van der Waals surface area contributed by atoms with E-state index in [4.69, 9.17) is 31.4 Å². The largest absolute Gasteiger partial charge is 0.378 e.